The van der Waals surface area contributed by atoms with Gasteiger partial charge in [0, 0.05) is 31.2 Å². The van der Waals surface area contributed by atoms with E-state index in [9.17, 15) is 4.79 Å². The zero-order valence-electron chi connectivity index (χ0n) is 8.86. The second-order valence-corrected chi connectivity index (χ2v) is 5.25. The molecule has 0 atom stereocenters. The number of nitrogens with zero attached hydrogens (tertiary/aromatic N) is 2. The maximum Gasteiger partial charge on any atom is 0.255 e. The fourth-order valence-electron chi connectivity index (χ4n) is 1.67. The zero-order valence-corrected chi connectivity index (χ0v) is 10.4. The number of carbonyl (C=O) groups is 1. The second kappa shape index (κ2) is 5.55. The van der Waals surface area contributed by atoms with E-state index in [1.54, 1.807) is 12.3 Å². The van der Waals surface area contributed by atoms with Crippen LogP contribution in [0.3, 0.4) is 0 Å². The summed E-state index contributed by atoms with van der Waals surface area (Å²) in [6.07, 6.45) is 4.17. The largest absolute Gasteiger partial charge is 0.338 e. The van der Waals surface area contributed by atoms with Crippen LogP contribution < -0.4 is 0 Å². The average Bonchev–Trinajstić information content (AvgIpc) is 2.57. The van der Waals surface area contributed by atoms with Crippen LogP contribution in [0.1, 0.15) is 16.8 Å². The predicted molar refractivity (Wildman–Crippen MR) is 67.1 cm³/mol. The van der Waals surface area contributed by atoms with E-state index in [1.165, 1.54) is 6.20 Å². The summed E-state index contributed by atoms with van der Waals surface area (Å²) in [6.45, 7) is 1.63. The van der Waals surface area contributed by atoms with Crippen molar-refractivity contribution >= 4 is 29.3 Å². The third kappa shape index (κ3) is 2.68. The molecule has 0 unspecified atom stereocenters. The van der Waals surface area contributed by atoms with Crippen molar-refractivity contribution in [1.29, 1.82) is 0 Å². The first-order chi connectivity index (χ1) is 7.79. The van der Waals surface area contributed by atoms with Crippen LogP contribution in [-0.2, 0) is 0 Å². The Hall–Kier alpha value is -0.740. The van der Waals surface area contributed by atoms with E-state index < -0.39 is 0 Å². The number of hydrogen-bond acceptors (Lipinski definition) is 3. The summed E-state index contributed by atoms with van der Waals surface area (Å²) in [5.41, 5.74) is 0.559. The van der Waals surface area contributed by atoms with E-state index in [-0.39, 0.29) is 5.91 Å². The van der Waals surface area contributed by atoms with Gasteiger partial charge >= 0.3 is 0 Å². The molecule has 0 spiro atoms. The standard InChI is InChI=1S/C11H13ClN2OS/c12-10-8-13-3-2-9(10)11(15)14-4-1-6-16-7-5-14/h2-3,8H,1,4-7H2. The first-order valence-corrected chi connectivity index (χ1v) is 6.79. The molecule has 0 saturated carbocycles. The minimum Gasteiger partial charge on any atom is -0.338 e. The Bertz CT molecular complexity index is 378. The van der Waals surface area contributed by atoms with E-state index >= 15 is 0 Å². The molecule has 1 aromatic heterocycles. The van der Waals surface area contributed by atoms with Crippen LogP contribution in [0.5, 0.6) is 0 Å². The number of pyridine rings is 1. The molecule has 16 heavy (non-hydrogen) atoms. The van der Waals surface area contributed by atoms with Crippen molar-refractivity contribution in [1.82, 2.24) is 9.88 Å². The average molecular weight is 257 g/mol. The summed E-state index contributed by atoms with van der Waals surface area (Å²) in [5, 5.41) is 0.435. The Morgan fingerprint density at radius 1 is 1.44 bits per heavy atom. The Morgan fingerprint density at radius 3 is 3.12 bits per heavy atom. The first-order valence-electron chi connectivity index (χ1n) is 5.25. The molecule has 0 aliphatic carbocycles. The van der Waals surface area contributed by atoms with Gasteiger partial charge in [0.25, 0.3) is 5.91 Å². The number of amides is 1. The van der Waals surface area contributed by atoms with Crippen molar-refractivity contribution in [2.24, 2.45) is 0 Å². The van der Waals surface area contributed by atoms with Crippen LogP contribution >= 0.6 is 23.4 Å². The van der Waals surface area contributed by atoms with Crippen LogP contribution in [0, 0.1) is 0 Å². The van der Waals surface area contributed by atoms with Gasteiger partial charge in [-0.25, -0.2) is 0 Å². The van der Waals surface area contributed by atoms with Crippen molar-refractivity contribution in [3.8, 4) is 0 Å². The molecular weight excluding hydrogens is 244 g/mol. The number of aromatic nitrogens is 1. The van der Waals surface area contributed by atoms with Crippen LogP contribution in [0.15, 0.2) is 18.5 Å². The van der Waals surface area contributed by atoms with E-state index in [1.807, 2.05) is 16.7 Å². The van der Waals surface area contributed by atoms with Crippen molar-refractivity contribution in [3.05, 3.63) is 29.0 Å². The number of halogens is 1. The van der Waals surface area contributed by atoms with Crippen molar-refractivity contribution < 1.29 is 4.79 Å². The van der Waals surface area contributed by atoms with E-state index in [4.69, 9.17) is 11.6 Å². The van der Waals surface area contributed by atoms with Gasteiger partial charge in [0.05, 0.1) is 10.6 Å². The molecule has 0 bridgehead atoms. The van der Waals surface area contributed by atoms with Gasteiger partial charge in [-0.2, -0.15) is 11.8 Å². The lowest BCUT2D eigenvalue weighted by Crippen LogP contribution is -2.33. The van der Waals surface area contributed by atoms with E-state index in [0.29, 0.717) is 10.6 Å². The van der Waals surface area contributed by atoms with Gasteiger partial charge in [0.1, 0.15) is 0 Å². The SMILES string of the molecule is O=C(c1ccncc1Cl)N1CCCSCC1. The molecule has 0 N–H and O–H groups in total. The van der Waals surface area contributed by atoms with Crippen LogP contribution in [0.4, 0.5) is 0 Å². The molecule has 3 nitrogen and oxygen atoms in total. The molecule has 2 heterocycles. The highest BCUT2D eigenvalue weighted by Crippen LogP contribution is 2.18. The second-order valence-electron chi connectivity index (χ2n) is 3.61. The van der Waals surface area contributed by atoms with Gasteiger partial charge in [-0.3, -0.25) is 9.78 Å². The Kier molecular flexibility index (Phi) is 4.07. The Balaban J connectivity index is 2.14. The predicted octanol–water partition coefficient (Wildman–Crippen LogP) is 2.31. The molecule has 0 aromatic carbocycles. The Morgan fingerprint density at radius 2 is 2.31 bits per heavy atom. The van der Waals surface area contributed by atoms with Crippen molar-refractivity contribution in [2.75, 3.05) is 24.6 Å². The minimum atomic E-state index is 0.0231. The Labute approximate surface area is 104 Å². The molecule has 1 amide bonds. The topological polar surface area (TPSA) is 33.2 Å². The normalized spacial score (nSPS) is 16.9. The molecule has 0 radical (unpaired) electrons. The van der Waals surface area contributed by atoms with Gasteiger partial charge < -0.3 is 4.90 Å². The highest BCUT2D eigenvalue weighted by atomic mass is 35.5. The third-order valence-corrected chi connectivity index (χ3v) is 3.86. The van der Waals surface area contributed by atoms with Crippen LogP contribution in [-0.4, -0.2) is 40.4 Å². The number of rotatable bonds is 1. The van der Waals surface area contributed by atoms with Gasteiger partial charge in [-0.15, -0.1) is 0 Å². The molecule has 2 rings (SSSR count). The zero-order chi connectivity index (χ0) is 11.4. The van der Waals surface area contributed by atoms with Gasteiger partial charge in [0.2, 0.25) is 0 Å². The fraction of sp³-hybridized carbons (Fsp3) is 0.455. The number of thioether (sulfide) groups is 1. The van der Waals surface area contributed by atoms with Gasteiger partial charge in [-0.05, 0) is 18.2 Å². The molecule has 1 aliphatic heterocycles. The van der Waals surface area contributed by atoms with Crippen molar-refractivity contribution in [2.45, 2.75) is 6.42 Å². The van der Waals surface area contributed by atoms with Gasteiger partial charge in [-0.1, -0.05) is 11.6 Å². The minimum absolute atomic E-state index is 0.0231. The lowest BCUT2D eigenvalue weighted by atomic mass is 10.2. The summed E-state index contributed by atoms with van der Waals surface area (Å²) in [5.74, 6) is 2.16. The molecule has 1 aromatic rings. The monoisotopic (exact) mass is 256 g/mol. The smallest absolute Gasteiger partial charge is 0.255 e. The van der Waals surface area contributed by atoms with Crippen molar-refractivity contribution in [3.63, 3.8) is 0 Å². The fourth-order valence-corrected chi connectivity index (χ4v) is 2.76. The first kappa shape index (κ1) is 11.7. The summed E-state index contributed by atoms with van der Waals surface area (Å²) in [4.78, 5) is 17.9. The van der Waals surface area contributed by atoms with Crippen LogP contribution in [0.25, 0.3) is 0 Å². The lowest BCUT2D eigenvalue weighted by molar-refractivity contribution is 0.0768. The number of hydrogen-bond donors (Lipinski definition) is 0. The molecule has 1 aliphatic rings. The summed E-state index contributed by atoms with van der Waals surface area (Å²) in [6, 6.07) is 1.68. The highest BCUT2D eigenvalue weighted by molar-refractivity contribution is 7.99. The molecular formula is C11H13ClN2OS. The van der Waals surface area contributed by atoms with Crippen LogP contribution in [0.2, 0.25) is 5.02 Å². The maximum atomic E-state index is 12.2. The summed E-state index contributed by atoms with van der Waals surface area (Å²) < 4.78 is 0. The quantitative estimate of drug-likeness (QED) is 0.773. The molecule has 5 heteroatoms. The summed E-state index contributed by atoms with van der Waals surface area (Å²) >= 11 is 7.86. The lowest BCUT2D eigenvalue weighted by Gasteiger charge is -2.20. The number of carbonyl (C=O) groups excluding carboxylic acids is 1. The third-order valence-electron chi connectivity index (χ3n) is 2.51. The molecule has 1 saturated heterocycles. The molecule has 1 fully saturated rings. The van der Waals surface area contributed by atoms with E-state index in [0.717, 1.165) is 31.0 Å². The van der Waals surface area contributed by atoms with Gasteiger partial charge in [0.15, 0.2) is 0 Å². The van der Waals surface area contributed by atoms with E-state index in [2.05, 4.69) is 4.98 Å². The summed E-state index contributed by atoms with van der Waals surface area (Å²) in [7, 11) is 0. The highest BCUT2D eigenvalue weighted by Gasteiger charge is 2.19. The maximum absolute atomic E-state index is 12.2. The molecule has 86 valence electrons.